The summed E-state index contributed by atoms with van der Waals surface area (Å²) in [5.74, 6) is -4.37. The van der Waals surface area contributed by atoms with Crippen LogP contribution in [0.2, 0.25) is 0 Å². The monoisotopic (exact) mass is 197 g/mol. The Balaban J connectivity index is -0.000000125. The molecule has 8 heavy (non-hydrogen) atoms. The number of carbonyl (C=O) groups excluding carboxylic acids is 2. The van der Waals surface area contributed by atoms with Gasteiger partial charge in [0.2, 0.25) is 0 Å². The van der Waals surface area contributed by atoms with Crippen molar-refractivity contribution >= 4 is 11.9 Å². The number of hydrogen-bond donors (Lipinski definition) is 0. The summed E-state index contributed by atoms with van der Waals surface area (Å²) in [7, 11) is 0. The summed E-state index contributed by atoms with van der Waals surface area (Å²) >= 11 is 0. The van der Waals surface area contributed by atoms with E-state index in [2.05, 4.69) is 0 Å². The molecule has 6 heteroatoms. The second-order valence-electron chi connectivity index (χ2n) is 0.575. The van der Waals surface area contributed by atoms with E-state index in [0.717, 1.165) is 0 Å². The number of carboxylic acid groups (broad SMARTS) is 2. The van der Waals surface area contributed by atoms with Gasteiger partial charge in [0.05, 0.1) is 11.9 Å². The summed E-state index contributed by atoms with van der Waals surface area (Å²) in [4.78, 5) is 17.9. The first-order valence-electron chi connectivity index (χ1n) is 1.07. The first-order chi connectivity index (χ1) is 2.64. The fourth-order valence-electron chi connectivity index (χ4n) is 0. The molecule has 0 aromatic rings. The van der Waals surface area contributed by atoms with E-state index in [0.29, 0.717) is 0 Å². The third-order valence-electron chi connectivity index (χ3n) is 0.167. The Morgan fingerprint density at radius 1 is 1.00 bits per heavy atom. The number of carboxylic acids is 2. The van der Waals surface area contributed by atoms with Crippen LogP contribution in [0.15, 0.2) is 0 Å². The van der Waals surface area contributed by atoms with Gasteiger partial charge in [-0.15, -0.1) is 0 Å². The van der Waals surface area contributed by atoms with Gasteiger partial charge in [0, 0.05) is 0 Å². The van der Waals surface area contributed by atoms with Gasteiger partial charge in [0.15, 0.2) is 0 Å². The Morgan fingerprint density at radius 2 is 1.12 bits per heavy atom. The van der Waals surface area contributed by atoms with Crippen molar-refractivity contribution in [1.29, 1.82) is 0 Å². The van der Waals surface area contributed by atoms with Crippen LogP contribution in [0, 0.1) is 0 Å². The molecule has 0 N–H and O–H groups in total. The molecule has 0 aliphatic carbocycles. The van der Waals surface area contributed by atoms with E-state index in [-0.39, 0.29) is 35.0 Å². The molecule has 0 unspecified atom stereocenters. The maximum Gasteiger partial charge on any atom is 5.00 e. The average Bonchev–Trinajstić information content (AvgIpc) is 1.36. The quantitative estimate of drug-likeness (QED) is 0.298. The van der Waals surface area contributed by atoms with E-state index in [9.17, 15) is 0 Å². The van der Waals surface area contributed by atoms with Gasteiger partial charge < -0.3 is 19.8 Å². The molecule has 0 saturated heterocycles. The Morgan fingerprint density at radius 3 is 1.12 bits per heavy atom. The summed E-state index contributed by atoms with van der Waals surface area (Å²) < 4.78 is 0. The van der Waals surface area contributed by atoms with Gasteiger partial charge in [-0.2, -0.15) is 0 Å². The molecule has 0 spiro atoms. The van der Waals surface area contributed by atoms with Crippen molar-refractivity contribution in [3.05, 3.63) is 0 Å². The minimum absolute atomic E-state index is 0. The summed E-state index contributed by atoms with van der Waals surface area (Å²) in [5, 5.41) is 17.9. The zero-order valence-electron chi connectivity index (χ0n) is 3.40. The SMILES string of the molecule is O=C([O-])C(=O)[O-].[Ni+2].[V+5]. The Bertz CT molecular complexity index is 80.0. The van der Waals surface area contributed by atoms with E-state index in [1.807, 2.05) is 0 Å². The molecule has 0 aliphatic rings. The van der Waals surface area contributed by atoms with Gasteiger partial charge in [-0.1, -0.05) is 0 Å². The normalized spacial score (nSPS) is 5.50. The fraction of sp³-hybridized carbons (Fsp3) is 0. The van der Waals surface area contributed by atoms with Crippen molar-refractivity contribution in [2.45, 2.75) is 0 Å². The summed E-state index contributed by atoms with van der Waals surface area (Å²) in [6, 6.07) is 0. The Hall–Kier alpha value is 0.0179. The number of hydrogen-bond acceptors (Lipinski definition) is 4. The molecule has 0 saturated carbocycles. The molecule has 0 aromatic carbocycles. The Labute approximate surface area is 67.1 Å². The predicted octanol–water partition coefficient (Wildman–Crippen LogP) is -3.52. The van der Waals surface area contributed by atoms with E-state index in [1.165, 1.54) is 0 Å². The topological polar surface area (TPSA) is 80.3 Å². The third kappa shape index (κ3) is 9.39. The third-order valence-corrected chi connectivity index (χ3v) is 0.167. The van der Waals surface area contributed by atoms with Gasteiger partial charge in [0.25, 0.3) is 0 Å². The summed E-state index contributed by atoms with van der Waals surface area (Å²) in [6.45, 7) is 0. The molecule has 0 heterocycles. The minimum atomic E-state index is -2.19. The van der Waals surface area contributed by atoms with Crippen LogP contribution in [0.4, 0.5) is 0 Å². The van der Waals surface area contributed by atoms with Gasteiger partial charge >= 0.3 is 35.0 Å². The second kappa shape index (κ2) is 7.02. The summed E-state index contributed by atoms with van der Waals surface area (Å²) in [5.41, 5.74) is 0. The van der Waals surface area contributed by atoms with E-state index in [4.69, 9.17) is 19.8 Å². The van der Waals surface area contributed by atoms with Crippen molar-refractivity contribution in [3.63, 3.8) is 0 Å². The standard InChI is InChI=1S/C2H2O4.Ni.V/c3-1(4)2(5)6;;/h(H,3,4)(H,5,6);;/q;+2;+5/p-2. The minimum Gasteiger partial charge on any atom is -0.543 e. The molecular formula is C2NiO4V+5. The van der Waals surface area contributed by atoms with Gasteiger partial charge in [0.1, 0.15) is 0 Å². The number of aliphatic carboxylic acids is 2. The van der Waals surface area contributed by atoms with E-state index >= 15 is 0 Å². The molecule has 0 rings (SSSR count). The van der Waals surface area contributed by atoms with Gasteiger partial charge in [-0.3, -0.25) is 0 Å². The van der Waals surface area contributed by atoms with Crippen LogP contribution in [0.25, 0.3) is 0 Å². The van der Waals surface area contributed by atoms with E-state index in [1.54, 1.807) is 0 Å². The molecule has 42 valence electrons. The summed E-state index contributed by atoms with van der Waals surface area (Å²) in [6.07, 6.45) is 0. The smallest absolute Gasteiger partial charge is 0.543 e. The molecule has 0 bridgehead atoms. The van der Waals surface area contributed by atoms with Crippen molar-refractivity contribution in [1.82, 2.24) is 0 Å². The average molecular weight is 198 g/mol. The van der Waals surface area contributed by atoms with Crippen LogP contribution < -0.4 is 10.2 Å². The maximum absolute atomic E-state index is 8.93. The van der Waals surface area contributed by atoms with Crippen molar-refractivity contribution in [3.8, 4) is 0 Å². The zero-order chi connectivity index (χ0) is 5.15. The van der Waals surface area contributed by atoms with Crippen LogP contribution in [-0.2, 0) is 44.6 Å². The van der Waals surface area contributed by atoms with Crippen molar-refractivity contribution < 1.29 is 54.8 Å². The van der Waals surface area contributed by atoms with Crippen LogP contribution in [-0.4, -0.2) is 11.9 Å². The van der Waals surface area contributed by atoms with Crippen molar-refractivity contribution in [2.75, 3.05) is 0 Å². The first kappa shape index (κ1) is 15.7. The van der Waals surface area contributed by atoms with Crippen LogP contribution in [0.1, 0.15) is 0 Å². The Kier molecular flexibility index (Phi) is 13.8. The van der Waals surface area contributed by atoms with E-state index < -0.39 is 11.9 Å². The number of carbonyl (C=O) groups is 2. The number of rotatable bonds is 0. The second-order valence-corrected chi connectivity index (χ2v) is 0.575. The van der Waals surface area contributed by atoms with Gasteiger partial charge in [-0.25, -0.2) is 0 Å². The molecule has 0 amide bonds. The largest absolute Gasteiger partial charge is 5.00 e. The molecule has 0 atom stereocenters. The maximum atomic E-state index is 8.93. The predicted molar refractivity (Wildman–Crippen MR) is 10.0 cm³/mol. The molecule has 0 radical (unpaired) electrons. The molecule has 0 fully saturated rings. The zero-order valence-corrected chi connectivity index (χ0v) is 5.78. The molecular weight excluding hydrogens is 198 g/mol. The van der Waals surface area contributed by atoms with Gasteiger partial charge in [-0.05, 0) is 0 Å². The molecule has 4 nitrogen and oxygen atoms in total. The molecule has 0 aliphatic heterocycles. The first-order valence-corrected chi connectivity index (χ1v) is 1.07. The van der Waals surface area contributed by atoms with Crippen LogP contribution in [0.5, 0.6) is 0 Å². The fourth-order valence-corrected chi connectivity index (χ4v) is 0. The van der Waals surface area contributed by atoms with Crippen LogP contribution >= 0.6 is 0 Å². The van der Waals surface area contributed by atoms with Crippen LogP contribution in [0.3, 0.4) is 0 Å². The van der Waals surface area contributed by atoms with Crippen molar-refractivity contribution in [2.24, 2.45) is 0 Å². The molecule has 0 aromatic heterocycles.